The lowest BCUT2D eigenvalue weighted by Crippen LogP contribution is -2.21. The van der Waals surface area contributed by atoms with Crippen molar-refractivity contribution in [2.75, 3.05) is 16.8 Å². The van der Waals surface area contributed by atoms with Crippen LogP contribution in [0.3, 0.4) is 0 Å². The molecule has 17 heavy (non-hydrogen) atoms. The van der Waals surface area contributed by atoms with Crippen LogP contribution in [0.2, 0.25) is 0 Å². The fourth-order valence-electron chi connectivity index (χ4n) is 2.05. The molecule has 4 nitrogen and oxygen atoms in total. The summed E-state index contributed by atoms with van der Waals surface area (Å²) in [6.07, 6.45) is 1.07. The van der Waals surface area contributed by atoms with Crippen LogP contribution >= 0.6 is 11.8 Å². The van der Waals surface area contributed by atoms with Crippen molar-refractivity contribution in [3.05, 3.63) is 22.9 Å². The lowest BCUT2D eigenvalue weighted by molar-refractivity contribution is 0.0697. The lowest BCUT2D eigenvalue weighted by Gasteiger charge is -2.16. The molecule has 0 amide bonds. The molecule has 1 aromatic heterocycles. The van der Waals surface area contributed by atoms with Gasteiger partial charge in [0, 0.05) is 17.5 Å². The van der Waals surface area contributed by atoms with E-state index < -0.39 is 5.97 Å². The standard InChI is InChI=1S/C12H16N2O2S/c1-7-5-8(2)13-11(10(7)12(15)16)14-9-3-4-17-6-9/h5,9H,3-4,6H2,1-2H3,(H,13,14)(H,15,16). The highest BCUT2D eigenvalue weighted by atomic mass is 32.2. The van der Waals surface area contributed by atoms with Crippen molar-refractivity contribution >= 4 is 23.5 Å². The van der Waals surface area contributed by atoms with Crippen LogP contribution in [0.15, 0.2) is 6.07 Å². The average Bonchev–Trinajstić information content (AvgIpc) is 2.68. The molecule has 0 aliphatic carbocycles. The molecule has 1 unspecified atom stereocenters. The highest BCUT2D eigenvalue weighted by Crippen LogP contribution is 2.24. The van der Waals surface area contributed by atoms with Crippen molar-refractivity contribution in [3.63, 3.8) is 0 Å². The molecule has 1 saturated heterocycles. The lowest BCUT2D eigenvalue weighted by atomic mass is 10.1. The van der Waals surface area contributed by atoms with Gasteiger partial charge in [0.05, 0.1) is 0 Å². The summed E-state index contributed by atoms with van der Waals surface area (Å²) < 4.78 is 0. The van der Waals surface area contributed by atoms with E-state index in [1.165, 1.54) is 0 Å². The minimum absolute atomic E-state index is 0.299. The van der Waals surface area contributed by atoms with E-state index in [0.717, 1.165) is 29.2 Å². The van der Waals surface area contributed by atoms with Gasteiger partial charge in [-0.3, -0.25) is 0 Å². The van der Waals surface area contributed by atoms with E-state index in [-0.39, 0.29) is 0 Å². The predicted molar refractivity (Wildman–Crippen MR) is 70.0 cm³/mol. The fourth-order valence-corrected chi connectivity index (χ4v) is 3.21. The van der Waals surface area contributed by atoms with E-state index in [2.05, 4.69) is 10.3 Å². The Balaban J connectivity index is 2.32. The van der Waals surface area contributed by atoms with Gasteiger partial charge in [-0.05, 0) is 37.7 Å². The Hall–Kier alpha value is -1.23. The molecule has 0 radical (unpaired) electrons. The number of rotatable bonds is 3. The summed E-state index contributed by atoms with van der Waals surface area (Å²) in [6, 6.07) is 2.14. The third-order valence-electron chi connectivity index (χ3n) is 2.83. The molecule has 0 aromatic carbocycles. The van der Waals surface area contributed by atoms with Crippen LogP contribution in [0.5, 0.6) is 0 Å². The molecule has 0 saturated carbocycles. The minimum Gasteiger partial charge on any atom is -0.478 e. The van der Waals surface area contributed by atoms with Gasteiger partial charge in [0.1, 0.15) is 11.4 Å². The van der Waals surface area contributed by atoms with Gasteiger partial charge < -0.3 is 10.4 Å². The Labute approximate surface area is 105 Å². The Kier molecular flexibility index (Phi) is 3.57. The molecular weight excluding hydrogens is 236 g/mol. The summed E-state index contributed by atoms with van der Waals surface area (Å²) in [5, 5.41) is 12.5. The van der Waals surface area contributed by atoms with Crippen LogP contribution in [0.4, 0.5) is 5.82 Å². The number of hydrogen-bond donors (Lipinski definition) is 2. The first-order chi connectivity index (χ1) is 8.08. The third kappa shape index (κ3) is 2.72. The zero-order valence-electron chi connectivity index (χ0n) is 9.99. The molecular formula is C12H16N2O2S. The first-order valence-electron chi connectivity index (χ1n) is 5.63. The number of anilines is 1. The number of nitrogens with one attached hydrogen (secondary N) is 1. The van der Waals surface area contributed by atoms with Crippen molar-refractivity contribution in [2.45, 2.75) is 26.3 Å². The van der Waals surface area contributed by atoms with Crippen LogP contribution in [0.1, 0.15) is 28.0 Å². The number of carbonyl (C=O) groups is 1. The second-order valence-electron chi connectivity index (χ2n) is 4.31. The van der Waals surface area contributed by atoms with Crippen LogP contribution < -0.4 is 5.32 Å². The normalized spacial score (nSPS) is 19.3. The van der Waals surface area contributed by atoms with Crippen molar-refractivity contribution in [2.24, 2.45) is 0 Å². The van der Waals surface area contributed by atoms with Crippen LogP contribution in [0.25, 0.3) is 0 Å². The zero-order chi connectivity index (χ0) is 12.4. The second-order valence-corrected chi connectivity index (χ2v) is 5.46. The largest absolute Gasteiger partial charge is 0.478 e. The van der Waals surface area contributed by atoms with Gasteiger partial charge >= 0.3 is 5.97 Å². The number of pyridine rings is 1. The molecule has 2 heterocycles. The topological polar surface area (TPSA) is 62.2 Å². The monoisotopic (exact) mass is 252 g/mol. The third-order valence-corrected chi connectivity index (χ3v) is 3.99. The molecule has 2 rings (SSSR count). The van der Waals surface area contributed by atoms with Gasteiger partial charge in [-0.2, -0.15) is 11.8 Å². The molecule has 1 atom stereocenters. The average molecular weight is 252 g/mol. The second kappa shape index (κ2) is 4.96. The summed E-state index contributed by atoms with van der Waals surface area (Å²) in [7, 11) is 0. The van der Waals surface area contributed by atoms with Gasteiger partial charge in [-0.25, -0.2) is 9.78 Å². The number of hydrogen-bond acceptors (Lipinski definition) is 4. The molecule has 0 bridgehead atoms. The maximum absolute atomic E-state index is 11.2. The van der Waals surface area contributed by atoms with E-state index in [9.17, 15) is 9.90 Å². The van der Waals surface area contributed by atoms with Gasteiger partial charge in [-0.15, -0.1) is 0 Å². The SMILES string of the molecule is Cc1cc(C)c(C(=O)O)c(NC2CCSC2)n1. The highest BCUT2D eigenvalue weighted by molar-refractivity contribution is 7.99. The first kappa shape index (κ1) is 12.2. The Morgan fingerprint density at radius 2 is 2.35 bits per heavy atom. The van der Waals surface area contributed by atoms with Gasteiger partial charge in [0.2, 0.25) is 0 Å². The zero-order valence-corrected chi connectivity index (χ0v) is 10.8. The molecule has 5 heteroatoms. The molecule has 1 aliphatic rings. The van der Waals surface area contributed by atoms with Crippen molar-refractivity contribution < 1.29 is 9.90 Å². The minimum atomic E-state index is -0.914. The van der Waals surface area contributed by atoms with Crippen molar-refractivity contribution in [1.82, 2.24) is 4.98 Å². The first-order valence-corrected chi connectivity index (χ1v) is 6.79. The molecule has 1 aliphatic heterocycles. The Bertz CT molecular complexity index is 442. The summed E-state index contributed by atoms with van der Waals surface area (Å²) in [4.78, 5) is 15.6. The summed E-state index contributed by atoms with van der Waals surface area (Å²) in [5.41, 5.74) is 1.91. The van der Waals surface area contributed by atoms with Crippen molar-refractivity contribution in [3.8, 4) is 0 Å². The predicted octanol–water partition coefficient (Wildman–Crippen LogP) is 2.31. The van der Waals surface area contributed by atoms with Crippen LogP contribution in [0, 0.1) is 13.8 Å². The highest BCUT2D eigenvalue weighted by Gasteiger charge is 2.21. The van der Waals surface area contributed by atoms with Crippen LogP contribution in [-0.4, -0.2) is 33.6 Å². The fraction of sp³-hybridized carbons (Fsp3) is 0.500. The molecule has 1 fully saturated rings. The number of nitrogens with zero attached hydrogens (tertiary/aromatic N) is 1. The number of aromatic nitrogens is 1. The molecule has 1 aromatic rings. The summed E-state index contributed by atoms with van der Waals surface area (Å²) >= 11 is 1.89. The van der Waals surface area contributed by atoms with Gasteiger partial charge in [0.15, 0.2) is 0 Å². The number of carboxylic acids is 1. The number of aromatic carboxylic acids is 1. The smallest absolute Gasteiger partial charge is 0.339 e. The number of aryl methyl sites for hydroxylation is 2. The van der Waals surface area contributed by atoms with E-state index in [4.69, 9.17) is 0 Å². The van der Waals surface area contributed by atoms with Gasteiger partial charge in [0.25, 0.3) is 0 Å². The summed E-state index contributed by atoms with van der Waals surface area (Å²) in [6.45, 7) is 3.69. The maximum Gasteiger partial charge on any atom is 0.339 e. The van der Waals surface area contributed by atoms with E-state index >= 15 is 0 Å². The number of thioether (sulfide) groups is 1. The summed E-state index contributed by atoms with van der Waals surface area (Å²) in [5.74, 6) is 1.75. The van der Waals surface area contributed by atoms with Crippen LogP contribution in [-0.2, 0) is 0 Å². The van der Waals surface area contributed by atoms with E-state index in [1.807, 2.05) is 25.6 Å². The molecule has 92 valence electrons. The quantitative estimate of drug-likeness (QED) is 0.864. The van der Waals surface area contributed by atoms with Gasteiger partial charge in [-0.1, -0.05) is 0 Å². The van der Waals surface area contributed by atoms with Crippen molar-refractivity contribution in [1.29, 1.82) is 0 Å². The van der Waals surface area contributed by atoms with E-state index in [1.54, 1.807) is 6.07 Å². The molecule has 2 N–H and O–H groups in total. The Morgan fingerprint density at radius 3 is 2.94 bits per heavy atom. The van der Waals surface area contributed by atoms with E-state index in [0.29, 0.717) is 17.4 Å². The Morgan fingerprint density at radius 1 is 1.59 bits per heavy atom. The maximum atomic E-state index is 11.2. The number of carboxylic acid groups (broad SMARTS) is 1. The molecule has 0 spiro atoms.